The van der Waals surface area contributed by atoms with Crippen LogP contribution in [-0.2, 0) is 4.79 Å². The molecule has 3 heterocycles. The number of piperidine rings is 1. The third kappa shape index (κ3) is 2.69. The fourth-order valence-corrected chi connectivity index (χ4v) is 7.96. The van der Waals surface area contributed by atoms with Crippen LogP contribution in [0.1, 0.15) is 51.4 Å². The fraction of sp³-hybridized carbons (Fsp3) is 0.739. The number of hydrogen-bond acceptors (Lipinski definition) is 4. The van der Waals surface area contributed by atoms with Gasteiger partial charge in [-0.15, -0.1) is 0 Å². The summed E-state index contributed by atoms with van der Waals surface area (Å²) >= 11 is 5.97. The zero-order valence-electron chi connectivity index (χ0n) is 16.9. The van der Waals surface area contributed by atoms with Gasteiger partial charge in [0.1, 0.15) is 5.15 Å². The van der Waals surface area contributed by atoms with E-state index in [4.69, 9.17) is 11.6 Å². The summed E-state index contributed by atoms with van der Waals surface area (Å²) in [5.74, 6) is 1.92. The molecule has 2 aliphatic heterocycles. The lowest BCUT2D eigenvalue weighted by molar-refractivity contribution is -0.167. The van der Waals surface area contributed by atoms with E-state index in [-0.39, 0.29) is 17.1 Å². The molecule has 2 saturated heterocycles. The Kier molecular flexibility index (Phi) is 4.03. The smallest absolute Gasteiger partial charge is 0.231 e. The minimum atomic E-state index is -0.250. The average molecular weight is 416 g/mol. The van der Waals surface area contributed by atoms with Gasteiger partial charge in [0.05, 0.1) is 23.4 Å². The summed E-state index contributed by atoms with van der Waals surface area (Å²) in [5, 5.41) is 11.2. The number of carbonyl (C=O) groups is 1. The zero-order valence-corrected chi connectivity index (χ0v) is 17.7. The van der Waals surface area contributed by atoms with Crippen molar-refractivity contribution in [2.24, 2.45) is 23.2 Å². The number of anilines is 1. The number of aliphatic hydroxyl groups excluding tert-OH is 1. The molecule has 6 aliphatic rings. The molecule has 29 heavy (non-hydrogen) atoms. The van der Waals surface area contributed by atoms with Crippen LogP contribution >= 0.6 is 11.6 Å². The lowest BCUT2D eigenvalue weighted by atomic mass is 9.51. The van der Waals surface area contributed by atoms with Crippen molar-refractivity contribution < 1.29 is 9.90 Å². The minimum absolute atomic E-state index is 0.0282. The molecular formula is C23H30ClN3O2. The molecule has 4 aliphatic carbocycles. The molecule has 1 aromatic heterocycles. The number of halogens is 1. The van der Waals surface area contributed by atoms with E-state index in [0.717, 1.165) is 57.4 Å². The van der Waals surface area contributed by atoms with E-state index in [2.05, 4.69) is 14.8 Å². The molecule has 4 bridgehead atoms. The van der Waals surface area contributed by atoms with E-state index in [1.807, 2.05) is 18.3 Å². The highest BCUT2D eigenvalue weighted by Gasteiger charge is 2.61. The standard InChI is InChI=1S/C23H30ClN3O2/c24-19-3-2-18(13-25-19)26-6-1-4-22(14-26)5-7-27(21(22)29)23-10-15-8-16(11-23)20(28)17(9-15)12-23/h2-3,13,15-17,20,28H,1,4-12,14H2/t15?,16?,17?,20?,22-,23?/m1/s1. The number of likely N-dealkylation sites (tertiary alicyclic amines) is 1. The maximum absolute atomic E-state index is 13.9. The second kappa shape index (κ2) is 6.34. The molecule has 1 N–H and O–H groups in total. The number of amides is 1. The third-order valence-corrected chi connectivity index (χ3v) is 9.15. The van der Waals surface area contributed by atoms with Crippen LogP contribution in [0, 0.1) is 23.2 Å². The van der Waals surface area contributed by atoms with Crippen molar-refractivity contribution in [3.63, 3.8) is 0 Å². The molecule has 6 heteroatoms. The van der Waals surface area contributed by atoms with Crippen molar-refractivity contribution >= 4 is 23.2 Å². The van der Waals surface area contributed by atoms with Crippen LogP contribution in [0.15, 0.2) is 18.3 Å². The van der Waals surface area contributed by atoms with E-state index >= 15 is 0 Å². The van der Waals surface area contributed by atoms with E-state index in [0.29, 0.717) is 28.8 Å². The van der Waals surface area contributed by atoms with Crippen LogP contribution in [0.5, 0.6) is 0 Å². The van der Waals surface area contributed by atoms with Crippen LogP contribution in [0.4, 0.5) is 5.69 Å². The van der Waals surface area contributed by atoms with Gasteiger partial charge in [-0.05, 0) is 81.3 Å². The van der Waals surface area contributed by atoms with Gasteiger partial charge in [-0.25, -0.2) is 4.98 Å². The van der Waals surface area contributed by atoms with Crippen molar-refractivity contribution in [3.8, 4) is 0 Å². The molecule has 1 amide bonds. The Morgan fingerprint density at radius 3 is 2.62 bits per heavy atom. The first-order chi connectivity index (χ1) is 14.0. The van der Waals surface area contributed by atoms with E-state index in [9.17, 15) is 9.90 Å². The SMILES string of the molecule is O=C1N(C23CC4CC(C2)C(O)C(C4)C3)CC[C@@]12CCCN(c1ccc(Cl)nc1)C2. The lowest BCUT2D eigenvalue weighted by Crippen LogP contribution is -2.65. The number of carbonyl (C=O) groups excluding carboxylic acids is 1. The highest BCUT2D eigenvalue weighted by Crippen LogP contribution is 2.59. The van der Waals surface area contributed by atoms with Gasteiger partial charge >= 0.3 is 0 Å². The fourth-order valence-electron chi connectivity index (χ4n) is 7.84. The predicted molar refractivity (Wildman–Crippen MR) is 112 cm³/mol. The van der Waals surface area contributed by atoms with E-state index in [1.54, 1.807) is 0 Å². The molecule has 1 spiro atoms. The number of aliphatic hydroxyl groups is 1. The van der Waals surface area contributed by atoms with Gasteiger partial charge in [-0.2, -0.15) is 0 Å². The summed E-state index contributed by atoms with van der Waals surface area (Å²) in [6.45, 7) is 2.66. The second-order valence-corrected chi connectivity index (χ2v) is 10.9. The van der Waals surface area contributed by atoms with Crippen LogP contribution < -0.4 is 4.90 Å². The summed E-state index contributed by atoms with van der Waals surface area (Å²) in [6.07, 6.45) is 10.3. The number of aromatic nitrogens is 1. The van der Waals surface area contributed by atoms with Crippen LogP contribution in [0.25, 0.3) is 0 Å². The van der Waals surface area contributed by atoms with E-state index < -0.39 is 0 Å². The first kappa shape index (κ1) is 18.4. The third-order valence-electron chi connectivity index (χ3n) is 8.93. The quantitative estimate of drug-likeness (QED) is 0.751. The van der Waals surface area contributed by atoms with Crippen molar-refractivity contribution in [1.29, 1.82) is 0 Å². The molecule has 5 nitrogen and oxygen atoms in total. The molecule has 4 saturated carbocycles. The summed E-state index contributed by atoms with van der Waals surface area (Å²) in [4.78, 5) is 22.8. The molecule has 0 aromatic carbocycles. The van der Waals surface area contributed by atoms with Crippen molar-refractivity contribution in [3.05, 3.63) is 23.5 Å². The Labute approximate surface area is 177 Å². The van der Waals surface area contributed by atoms with Crippen LogP contribution in [0.3, 0.4) is 0 Å². The Hall–Kier alpha value is -1.33. The van der Waals surface area contributed by atoms with Gasteiger partial charge in [-0.1, -0.05) is 11.6 Å². The van der Waals surface area contributed by atoms with Gasteiger partial charge in [0.15, 0.2) is 0 Å². The summed E-state index contributed by atoms with van der Waals surface area (Å²) in [6, 6.07) is 3.85. The van der Waals surface area contributed by atoms with Crippen molar-refractivity contribution in [2.75, 3.05) is 24.5 Å². The van der Waals surface area contributed by atoms with Crippen LogP contribution in [0.2, 0.25) is 5.15 Å². The molecule has 6 fully saturated rings. The molecule has 0 radical (unpaired) electrons. The Morgan fingerprint density at radius 2 is 1.90 bits per heavy atom. The number of rotatable bonds is 2. The molecule has 3 atom stereocenters. The first-order valence-corrected chi connectivity index (χ1v) is 11.7. The summed E-state index contributed by atoms with van der Waals surface area (Å²) in [5.41, 5.74) is 0.845. The number of pyridine rings is 1. The van der Waals surface area contributed by atoms with Gasteiger partial charge in [0.25, 0.3) is 0 Å². The minimum Gasteiger partial charge on any atom is -0.393 e. The Bertz CT molecular complexity index is 814. The first-order valence-electron chi connectivity index (χ1n) is 11.3. The maximum atomic E-state index is 13.9. The molecule has 7 rings (SSSR count). The van der Waals surface area contributed by atoms with Gasteiger partial charge in [-0.3, -0.25) is 4.79 Å². The number of hydrogen-bond donors (Lipinski definition) is 1. The normalized spacial score (nSPS) is 43.6. The molecule has 1 aromatic rings. The van der Waals surface area contributed by atoms with Gasteiger partial charge in [0, 0.05) is 25.2 Å². The Balaban J connectivity index is 1.25. The predicted octanol–water partition coefficient (Wildman–Crippen LogP) is 3.49. The molecule has 156 valence electrons. The summed E-state index contributed by atoms with van der Waals surface area (Å²) < 4.78 is 0. The number of nitrogens with zero attached hydrogens (tertiary/aromatic N) is 3. The zero-order chi connectivity index (χ0) is 19.8. The largest absolute Gasteiger partial charge is 0.393 e. The van der Waals surface area contributed by atoms with Gasteiger partial charge < -0.3 is 14.9 Å². The molecule has 2 unspecified atom stereocenters. The van der Waals surface area contributed by atoms with E-state index in [1.165, 1.54) is 19.3 Å². The topological polar surface area (TPSA) is 56.7 Å². The van der Waals surface area contributed by atoms with Crippen LogP contribution in [-0.4, -0.2) is 52.2 Å². The highest BCUT2D eigenvalue weighted by molar-refractivity contribution is 6.29. The Morgan fingerprint density at radius 1 is 1.10 bits per heavy atom. The second-order valence-electron chi connectivity index (χ2n) is 10.5. The summed E-state index contributed by atoms with van der Waals surface area (Å²) in [7, 11) is 0. The van der Waals surface area contributed by atoms with Crippen molar-refractivity contribution in [2.45, 2.75) is 63.0 Å². The lowest BCUT2D eigenvalue weighted by Gasteiger charge is -2.61. The van der Waals surface area contributed by atoms with Gasteiger partial charge in [0.2, 0.25) is 5.91 Å². The molecular weight excluding hydrogens is 386 g/mol. The average Bonchev–Trinajstić information content (AvgIpc) is 3.02. The van der Waals surface area contributed by atoms with Crippen molar-refractivity contribution in [1.82, 2.24) is 9.88 Å². The maximum Gasteiger partial charge on any atom is 0.231 e. The highest BCUT2D eigenvalue weighted by atomic mass is 35.5. The monoisotopic (exact) mass is 415 g/mol.